The van der Waals surface area contributed by atoms with Crippen molar-refractivity contribution in [2.45, 2.75) is 6.04 Å². The van der Waals surface area contributed by atoms with Crippen molar-refractivity contribution in [2.24, 2.45) is 0 Å². The number of nitrogens with zero attached hydrogens (tertiary/aromatic N) is 4. The minimum Gasteiger partial charge on any atom is -0.347 e. The molecule has 1 amide bonds. The van der Waals surface area contributed by atoms with Gasteiger partial charge in [0.25, 0.3) is 0 Å². The Bertz CT molecular complexity index is 439. The first-order chi connectivity index (χ1) is 8.61. The maximum atomic E-state index is 12.2. The third kappa shape index (κ3) is 2.54. The molecule has 0 bridgehead atoms. The number of carbonyl (C=O) groups is 1. The molecule has 0 radical (unpaired) electrons. The van der Waals surface area contributed by atoms with Crippen molar-refractivity contribution in [2.75, 3.05) is 38.6 Å². The second-order valence-electron chi connectivity index (χ2n) is 4.34. The standard InChI is InChI=1S/C11H16ClN5O/c1-16(2)11(18)9-6-13-3-4-17(9)10-8(12)5-14-7-15-10/h5,7,9,13H,3-4,6H2,1-2H3. The van der Waals surface area contributed by atoms with Gasteiger partial charge in [0.15, 0.2) is 5.82 Å². The lowest BCUT2D eigenvalue weighted by molar-refractivity contribution is -0.130. The molecule has 1 N–H and O–H groups in total. The molecular formula is C11H16ClN5O. The maximum absolute atomic E-state index is 12.2. The lowest BCUT2D eigenvalue weighted by Gasteiger charge is -2.37. The molecule has 0 saturated carbocycles. The number of aromatic nitrogens is 2. The van der Waals surface area contributed by atoms with Crippen LogP contribution in [0, 0.1) is 0 Å². The van der Waals surface area contributed by atoms with Crippen LogP contribution in [0.3, 0.4) is 0 Å². The minimum absolute atomic E-state index is 0.0388. The predicted octanol–water partition coefficient (Wildman–Crippen LogP) is -0.00360. The number of carbonyl (C=O) groups excluding carboxylic acids is 1. The summed E-state index contributed by atoms with van der Waals surface area (Å²) in [6.45, 7) is 2.09. The summed E-state index contributed by atoms with van der Waals surface area (Å²) >= 11 is 6.10. The topological polar surface area (TPSA) is 61.4 Å². The van der Waals surface area contributed by atoms with E-state index in [0.717, 1.165) is 6.54 Å². The van der Waals surface area contributed by atoms with Crippen molar-refractivity contribution in [1.82, 2.24) is 20.2 Å². The second kappa shape index (κ2) is 5.49. The number of hydrogen-bond donors (Lipinski definition) is 1. The molecule has 2 rings (SSSR count). The first-order valence-corrected chi connectivity index (χ1v) is 6.13. The fraction of sp³-hybridized carbons (Fsp3) is 0.545. The Balaban J connectivity index is 2.29. The molecule has 1 aromatic rings. The van der Waals surface area contributed by atoms with Gasteiger partial charge < -0.3 is 15.1 Å². The Kier molecular flexibility index (Phi) is 3.98. The van der Waals surface area contributed by atoms with Crippen LogP contribution in [0.4, 0.5) is 5.82 Å². The van der Waals surface area contributed by atoms with Crippen LogP contribution < -0.4 is 10.2 Å². The predicted molar refractivity (Wildman–Crippen MR) is 69.7 cm³/mol. The molecule has 98 valence electrons. The average molecular weight is 270 g/mol. The van der Waals surface area contributed by atoms with E-state index in [-0.39, 0.29) is 11.9 Å². The Labute approximate surface area is 111 Å². The van der Waals surface area contributed by atoms with E-state index in [1.807, 2.05) is 4.90 Å². The number of piperazine rings is 1. The smallest absolute Gasteiger partial charge is 0.246 e. The van der Waals surface area contributed by atoms with Crippen molar-refractivity contribution in [3.8, 4) is 0 Å². The summed E-state index contributed by atoms with van der Waals surface area (Å²) in [5.74, 6) is 0.658. The van der Waals surface area contributed by atoms with Crippen LogP contribution in [0.2, 0.25) is 5.02 Å². The van der Waals surface area contributed by atoms with Gasteiger partial charge in [-0.15, -0.1) is 0 Å². The van der Waals surface area contributed by atoms with Gasteiger partial charge in [0, 0.05) is 33.7 Å². The molecule has 1 atom stereocenters. The lowest BCUT2D eigenvalue weighted by Crippen LogP contribution is -2.58. The van der Waals surface area contributed by atoms with Gasteiger partial charge in [-0.25, -0.2) is 9.97 Å². The van der Waals surface area contributed by atoms with E-state index in [2.05, 4.69) is 15.3 Å². The van der Waals surface area contributed by atoms with E-state index in [9.17, 15) is 4.79 Å². The van der Waals surface area contributed by atoms with Crippen molar-refractivity contribution >= 4 is 23.3 Å². The molecule has 18 heavy (non-hydrogen) atoms. The number of halogens is 1. The molecule has 0 aromatic carbocycles. The van der Waals surface area contributed by atoms with Crippen LogP contribution in [0.25, 0.3) is 0 Å². The maximum Gasteiger partial charge on any atom is 0.246 e. The molecule has 1 aliphatic heterocycles. The molecule has 7 heteroatoms. The zero-order valence-corrected chi connectivity index (χ0v) is 11.2. The van der Waals surface area contributed by atoms with E-state index < -0.39 is 0 Å². The van der Waals surface area contributed by atoms with Gasteiger partial charge in [-0.3, -0.25) is 4.79 Å². The number of amides is 1. The van der Waals surface area contributed by atoms with Crippen LogP contribution >= 0.6 is 11.6 Å². The zero-order valence-electron chi connectivity index (χ0n) is 10.4. The van der Waals surface area contributed by atoms with Crippen molar-refractivity contribution in [3.05, 3.63) is 17.5 Å². The van der Waals surface area contributed by atoms with E-state index in [4.69, 9.17) is 11.6 Å². The summed E-state index contributed by atoms with van der Waals surface area (Å²) in [6, 6.07) is -0.277. The Morgan fingerprint density at radius 1 is 1.61 bits per heavy atom. The third-order valence-electron chi connectivity index (χ3n) is 2.89. The molecule has 0 spiro atoms. The summed E-state index contributed by atoms with van der Waals surface area (Å²) in [4.78, 5) is 23.7. The molecule has 1 aliphatic rings. The van der Waals surface area contributed by atoms with Gasteiger partial charge in [-0.1, -0.05) is 11.6 Å². The largest absolute Gasteiger partial charge is 0.347 e. The van der Waals surface area contributed by atoms with Gasteiger partial charge in [0.05, 0.1) is 6.20 Å². The quantitative estimate of drug-likeness (QED) is 0.819. The Hall–Kier alpha value is -1.40. The molecule has 2 heterocycles. The number of rotatable bonds is 2. The highest BCUT2D eigenvalue weighted by Gasteiger charge is 2.31. The zero-order chi connectivity index (χ0) is 13.1. The SMILES string of the molecule is CN(C)C(=O)C1CNCCN1c1ncncc1Cl. The highest BCUT2D eigenvalue weighted by Crippen LogP contribution is 2.24. The summed E-state index contributed by atoms with van der Waals surface area (Å²) in [5, 5.41) is 3.68. The van der Waals surface area contributed by atoms with Crippen LogP contribution in [0.5, 0.6) is 0 Å². The normalized spacial score (nSPS) is 19.7. The number of nitrogens with one attached hydrogen (secondary N) is 1. The van der Waals surface area contributed by atoms with E-state index in [1.54, 1.807) is 25.2 Å². The Morgan fingerprint density at radius 3 is 3.06 bits per heavy atom. The van der Waals surface area contributed by atoms with E-state index in [1.165, 1.54) is 6.33 Å². The Morgan fingerprint density at radius 2 is 2.39 bits per heavy atom. The van der Waals surface area contributed by atoms with Gasteiger partial charge in [-0.05, 0) is 0 Å². The number of likely N-dealkylation sites (N-methyl/N-ethyl adjacent to an activating group) is 1. The van der Waals surface area contributed by atoms with Crippen LogP contribution in [0.15, 0.2) is 12.5 Å². The molecule has 1 aromatic heterocycles. The summed E-state index contributed by atoms with van der Waals surface area (Å²) in [6.07, 6.45) is 2.99. The van der Waals surface area contributed by atoms with Crippen molar-refractivity contribution in [1.29, 1.82) is 0 Å². The van der Waals surface area contributed by atoms with E-state index >= 15 is 0 Å². The van der Waals surface area contributed by atoms with Gasteiger partial charge in [0.2, 0.25) is 5.91 Å². The van der Waals surface area contributed by atoms with Gasteiger partial charge in [-0.2, -0.15) is 0 Å². The molecule has 6 nitrogen and oxygen atoms in total. The minimum atomic E-state index is -0.277. The van der Waals surface area contributed by atoms with Crippen molar-refractivity contribution in [3.63, 3.8) is 0 Å². The first-order valence-electron chi connectivity index (χ1n) is 5.75. The van der Waals surface area contributed by atoms with Crippen LogP contribution in [-0.2, 0) is 4.79 Å². The average Bonchev–Trinajstić information content (AvgIpc) is 2.38. The van der Waals surface area contributed by atoms with Gasteiger partial charge >= 0.3 is 0 Å². The molecule has 0 aliphatic carbocycles. The third-order valence-corrected chi connectivity index (χ3v) is 3.16. The first kappa shape index (κ1) is 13.0. The van der Waals surface area contributed by atoms with Crippen molar-refractivity contribution < 1.29 is 4.79 Å². The lowest BCUT2D eigenvalue weighted by atomic mass is 10.1. The monoisotopic (exact) mass is 269 g/mol. The summed E-state index contributed by atoms with van der Waals surface area (Å²) < 4.78 is 0. The van der Waals surface area contributed by atoms with Crippen LogP contribution in [0.1, 0.15) is 0 Å². The number of anilines is 1. The van der Waals surface area contributed by atoms with E-state index in [0.29, 0.717) is 23.9 Å². The highest BCUT2D eigenvalue weighted by atomic mass is 35.5. The van der Waals surface area contributed by atoms with Crippen LogP contribution in [-0.4, -0.2) is 60.5 Å². The molecular weight excluding hydrogens is 254 g/mol. The number of hydrogen-bond acceptors (Lipinski definition) is 5. The molecule has 1 unspecified atom stereocenters. The fourth-order valence-electron chi connectivity index (χ4n) is 1.99. The highest BCUT2D eigenvalue weighted by molar-refractivity contribution is 6.32. The van der Waals surface area contributed by atoms with Gasteiger partial charge in [0.1, 0.15) is 17.4 Å². The molecule has 1 saturated heterocycles. The molecule has 1 fully saturated rings. The summed E-state index contributed by atoms with van der Waals surface area (Å²) in [5.41, 5.74) is 0. The summed E-state index contributed by atoms with van der Waals surface area (Å²) in [7, 11) is 3.49. The second-order valence-corrected chi connectivity index (χ2v) is 4.75. The fourth-order valence-corrected chi connectivity index (χ4v) is 2.21.